The molecule has 0 aliphatic heterocycles. The lowest BCUT2D eigenvalue weighted by Gasteiger charge is -2.09. The van der Waals surface area contributed by atoms with Crippen LogP contribution in [0.2, 0.25) is 0 Å². The summed E-state index contributed by atoms with van der Waals surface area (Å²) in [5.41, 5.74) is 2.94. The maximum absolute atomic E-state index is 13.7. The van der Waals surface area contributed by atoms with Gasteiger partial charge in [0, 0.05) is 6.07 Å². The Balaban J connectivity index is 2.32. The monoisotopic (exact) mass is 366 g/mol. The second-order valence-corrected chi connectivity index (χ2v) is 5.94. The number of methoxy groups -OCH3 is 1. The van der Waals surface area contributed by atoms with Crippen LogP contribution in [0.3, 0.4) is 0 Å². The number of hydrogen-bond donors (Lipinski definition) is 1. The second-order valence-electron chi connectivity index (χ2n) is 4.70. The third-order valence-electron chi connectivity index (χ3n) is 3.36. The normalized spacial score (nSPS) is 11.0. The Bertz CT molecular complexity index is 901. The Morgan fingerprint density at radius 1 is 1.29 bits per heavy atom. The molecule has 0 radical (unpaired) electrons. The molecule has 0 atom stereocenters. The van der Waals surface area contributed by atoms with E-state index in [1.165, 1.54) is 6.07 Å². The summed E-state index contributed by atoms with van der Waals surface area (Å²) in [6, 6.07) is 8.95. The highest BCUT2D eigenvalue weighted by Gasteiger charge is 2.11. The van der Waals surface area contributed by atoms with E-state index in [4.69, 9.17) is 17.0 Å². The molecule has 1 aromatic heterocycles. The number of rotatable bonds is 2. The summed E-state index contributed by atoms with van der Waals surface area (Å²) < 4.78 is 22.2. The number of halogens is 2. The fraction of sp³-hybridized carbons (Fsp3) is 0.133. The maximum Gasteiger partial charge on any atom is 0.182 e. The minimum absolute atomic E-state index is 0.251. The molecule has 3 rings (SSSR count). The van der Waals surface area contributed by atoms with Crippen LogP contribution in [-0.2, 0) is 0 Å². The van der Waals surface area contributed by atoms with Crippen LogP contribution in [0, 0.1) is 17.5 Å². The Morgan fingerprint density at radius 2 is 2.05 bits per heavy atom. The average Bonchev–Trinajstić information content (AvgIpc) is 2.75. The van der Waals surface area contributed by atoms with Crippen molar-refractivity contribution in [3.63, 3.8) is 0 Å². The average molecular weight is 367 g/mol. The van der Waals surface area contributed by atoms with Gasteiger partial charge in [0.15, 0.2) is 4.77 Å². The number of fused-ring (bicyclic) bond motifs is 1. The van der Waals surface area contributed by atoms with Crippen LogP contribution in [0.1, 0.15) is 5.56 Å². The summed E-state index contributed by atoms with van der Waals surface area (Å²) in [6.07, 6.45) is 0. The molecule has 0 saturated carbocycles. The van der Waals surface area contributed by atoms with Crippen LogP contribution in [-0.4, -0.2) is 16.7 Å². The highest BCUT2D eigenvalue weighted by atomic mass is 79.9. The van der Waals surface area contributed by atoms with Crippen LogP contribution in [0.4, 0.5) is 4.39 Å². The fourth-order valence-corrected chi connectivity index (χ4v) is 3.00. The van der Waals surface area contributed by atoms with Crippen LogP contribution in [0.15, 0.2) is 34.8 Å². The molecule has 108 valence electrons. The molecule has 0 spiro atoms. The minimum atomic E-state index is -0.251. The molecule has 0 saturated heterocycles. The minimum Gasteiger partial charge on any atom is -0.495 e. The standard InChI is InChI=1S/C15H12BrFN2OS/c1-8-5-13-12(7-11(8)17)18-15(21)19(13)9-3-4-10(16)14(6-9)20-2/h3-7H,1-2H3,(H,18,21). The summed E-state index contributed by atoms with van der Waals surface area (Å²) in [6.45, 7) is 1.73. The van der Waals surface area contributed by atoms with E-state index in [1.807, 2.05) is 22.8 Å². The Kier molecular flexibility index (Phi) is 3.59. The van der Waals surface area contributed by atoms with Gasteiger partial charge in [-0.3, -0.25) is 4.57 Å². The molecule has 0 bridgehead atoms. The smallest absolute Gasteiger partial charge is 0.182 e. The zero-order chi connectivity index (χ0) is 15.1. The van der Waals surface area contributed by atoms with Crippen molar-refractivity contribution in [2.24, 2.45) is 0 Å². The van der Waals surface area contributed by atoms with Crippen LogP contribution >= 0.6 is 28.1 Å². The zero-order valence-corrected chi connectivity index (χ0v) is 13.8. The van der Waals surface area contributed by atoms with Crippen LogP contribution in [0.25, 0.3) is 16.7 Å². The summed E-state index contributed by atoms with van der Waals surface area (Å²) >= 11 is 8.79. The molecule has 3 aromatic rings. The van der Waals surface area contributed by atoms with Gasteiger partial charge in [0.1, 0.15) is 11.6 Å². The van der Waals surface area contributed by atoms with Gasteiger partial charge in [0.05, 0.1) is 28.3 Å². The lowest BCUT2D eigenvalue weighted by Crippen LogP contribution is -1.96. The topological polar surface area (TPSA) is 29.9 Å². The van der Waals surface area contributed by atoms with Gasteiger partial charge in [-0.15, -0.1) is 0 Å². The number of imidazole rings is 1. The first-order valence-electron chi connectivity index (χ1n) is 6.26. The maximum atomic E-state index is 13.7. The van der Waals surface area contributed by atoms with Crippen LogP contribution in [0.5, 0.6) is 5.75 Å². The first kappa shape index (κ1) is 14.3. The van der Waals surface area contributed by atoms with Crippen molar-refractivity contribution in [2.75, 3.05) is 7.11 Å². The highest BCUT2D eigenvalue weighted by molar-refractivity contribution is 9.10. The summed E-state index contributed by atoms with van der Waals surface area (Å²) in [5.74, 6) is 0.460. The summed E-state index contributed by atoms with van der Waals surface area (Å²) in [5, 5.41) is 0. The molecule has 2 aromatic carbocycles. The predicted molar refractivity (Wildman–Crippen MR) is 87.4 cm³/mol. The molecule has 0 fully saturated rings. The molecule has 0 unspecified atom stereocenters. The van der Waals surface area contributed by atoms with E-state index in [9.17, 15) is 4.39 Å². The molecule has 0 aliphatic carbocycles. The van der Waals surface area contributed by atoms with E-state index in [2.05, 4.69) is 20.9 Å². The van der Waals surface area contributed by atoms with Gasteiger partial charge >= 0.3 is 0 Å². The molecule has 1 N–H and O–H groups in total. The first-order valence-corrected chi connectivity index (χ1v) is 7.46. The van der Waals surface area contributed by atoms with Crippen molar-refractivity contribution in [1.29, 1.82) is 0 Å². The molecule has 21 heavy (non-hydrogen) atoms. The van der Waals surface area contributed by atoms with Gasteiger partial charge in [0.25, 0.3) is 0 Å². The van der Waals surface area contributed by atoms with E-state index in [0.29, 0.717) is 21.6 Å². The van der Waals surface area contributed by atoms with Gasteiger partial charge < -0.3 is 9.72 Å². The van der Waals surface area contributed by atoms with Crippen molar-refractivity contribution in [2.45, 2.75) is 6.92 Å². The highest BCUT2D eigenvalue weighted by Crippen LogP contribution is 2.29. The number of nitrogens with zero attached hydrogens (tertiary/aromatic N) is 1. The number of H-pyrrole nitrogens is 1. The predicted octanol–water partition coefficient (Wildman–Crippen LogP) is 4.91. The lowest BCUT2D eigenvalue weighted by molar-refractivity contribution is 0.412. The number of nitrogens with one attached hydrogen (secondary N) is 1. The summed E-state index contributed by atoms with van der Waals surface area (Å²) in [4.78, 5) is 3.03. The van der Waals surface area contributed by atoms with Crippen molar-refractivity contribution in [3.8, 4) is 11.4 Å². The number of hydrogen-bond acceptors (Lipinski definition) is 2. The van der Waals surface area contributed by atoms with E-state index in [-0.39, 0.29) is 5.82 Å². The molecular weight excluding hydrogens is 355 g/mol. The molecule has 1 heterocycles. The van der Waals surface area contributed by atoms with Gasteiger partial charge in [-0.25, -0.2) is 4.39 Å². The molecule has 0 amide bonds. The van der Waals surface area contributed by atoms with Gasteiger partial charge in [-0.1, -0.05) is 0 Å². The summed E-state index contributed by atoms with van der Waals surface area (Å²) in [7, 11) is 1.61. The van der Waals surface area contributed by atoms with Crippen molar-refractivity contribution in [3.05, 3.63) is 51.0 Å². The Morgan fingerprint density at radius 3 is 2.76 bits per heavy atom. The third-order valence-corrected chi connectivity index (χ3v) is 4.30. The van der Waals surface area contributed by atoms with Crippen LogP contribution < -0.4 is 4.74 Å². The first-order chi connectivity index (χ1) is 10.0. The number of aryl methyl sites for hydroxylation is 1. The lowest BCUT2D eigenvalue weighted by atomic mass is 10.2. The van der Waals surface area contributed by atoms with Gasteiger partial charge in [-0.2, -0.15) is 0 Å². The van der Waals surface area contributed by atoms with Gasteiger partial charge in [-0.05, 0) is 64.9 Å². The largest absolute Gasteiger partial charge is 0.495 e. The fourth-order valence-electron chi connectivity index (χ4n) is 2.28. The van der Waals surface area contributed by atoms with Crippen molar-refractivity contribution >= 4 is 39.2 Å². The quantitative estimate of drug-likeness (QED) is 0.653. The molecule has 3 nitrogen and oxygen atoms in total. The SMILES string of the molecule is COc1cc(-n2c(=S)[nH]c3cc(F)c(C)cc32)ccc1Br. The number of benzene rings is 2. The molecule has 6 heteroatoms. The Labute approximate surface area is 134 Å². The van der Waals surface area contributed by atoms with Crippen molar-refractivity contribution in [1.82, 2.24) is 9.55 Å². The number of aromatic nitrogens is 2. The van der Waals surface area contributed by atoms with E-state index < -0.39 is 0 Å². The second kappa shape index (κ2) is 5.27. The third kappa shape index (κ3) is 2.38. The number of aromatic amines is 1. The van der Waals surface area contributed by atoms with E-state index in [1.54, 1.807) is 20.1 Å². The van der Waals surface area contributed by atoms with E-state index in [0.717, 1.165) is 15.7 Å². The molecular formula is C15H12BrFN2OS. The van der Waals surface area contributed by atoms with E-state index >= 15 is 0 Å². The number of ether oxygens (including phenoxy) is 1. The zero-order valence-electron chi connectivity index (χ0n) is 11.4. The van der Waals surface area contributed by atoms with Gasteiger partial charge in [0.2, 0.25) is 0 Å². The molecule has 0 aliphatic rings. The Hall–Kier alpha value is -1.66. The van der Waals surface area contributed by atoms with Crippen molar-refractivity contribution < 1.29 is 9.13 Å².